The first-order chi connectivity index (χ1) is 8.75. The Hall–Kier alpha value is -1.55. The van der Waals surface area contributed by atoms with E-state index in [0.29, 0.717) is 5.95 Å². The number of benzene rings is 1. The smallest absolute Gasteiger partial charge is 0.201 e. The number of ether oxygens (including phenoxy) is 1. The molecule has 0 radical (unpaired) electrons. The third-order valence-corrected chi connectivity index (χ3v) is 3.67. The SMILES string of the molecule is Cc1cccc2c1nc(N)n2CC1CCCCO1. The molecule has 0 amide bonds. The van der Waals surface area contributed by atoms with E-state index < -0.39 is 0 Å². The zero-order valence-electron chi connectivity index (χ0n) is 10.7. The Morgan fingerprint density at radius 3 is 3.11 bits per heavy atom. The molecule has 18 heavy (non-hydrogen) atoms. The van der Waals surface area contributed by atoms with Crippen molar-refractivity contribution in [3.8, 4) is 0 Å². The van der Waals surface area contributed by atoms with Gasteiger partial charge in [0.05, 0.1) is 23.7 Å². The van der Waals surface area contributed by atoms with Crippen LogP contribution in [0.2, 0.25) is 0 Å². The Morgan fingerprint density at radius 2 is 2.33 bits per heavy atom. The largest absolute Gasteiger partial charge is 0.376 e. The fraction of sp³-hybridized carbons (Fsp3) is 0.500. The lowest BCUT2D eigenvalue weighted by Gasteiger charge is -2.23. The summed E-state index contributed by atoms with van der Waals surface area (Å²) in [7, 11) is 0. The van der Waals surface area contributed by atoms with Crippen LogP contribution in [-0.4, -0.2) is 22.3 Å². The minimum atomic E-state index is 0.277. The lowest BCUT2D eigenvalue weighted by atomic mass is 10.1. The average molecular weight is 245 g/mol. The van der Waals surface area contributed by atoms with Gasteiger partial charge in [0.25, 0.3) is 0 Å². The van der Waals surface area contributed by atoms with Gasteiger partial charge in [-0.3, -0.25) is 0 Å². The van der Waals surface area contributed by atoms with E-state index in [1.54, 1.807) is 0 Å². The molecule has 1 aromatic carbocycles. The second kappa shape index (κ2) is 4.61. The fourth-order valence-electron chi connectivity index (χ4n) is 2.65. The van der Waals surface area contributed by atoms with Crippen LogP contribution in [0, 0.1) is 6.92 Å². The number of rotatable bonds is 2. The predicted molar refractivity (Wildman–Crippen MR) is 72.5 cm³/mol. The van der Waals surface area contributed by atoms with Crippen molar-refractivity contribution < 1.29 is 4.74 Å². The third kappa shape index (κ3) is 1.97. The number of fused-ring (bicyclic) bond motifs is 1. The van der Waals surface area contributed by atoms with Crippen LogP contribution in [0.25, 0.3) is 11.0 Å². The van der Waals surface area contributed by atoms with Gasteiger partial charge in [0.1, 0.15) is 0 Å². The monoisotopic (exact) mass is 245 g/mol. The van der Waals surface area contributed by atoms with Gasteiger partial charge in [-0.1, -0.05) is 12.1 Å². The molecule has 1 aliphatic rings. The summed E-state index contributed by atoms with van der Waals surface area (Å²) in [5.74, 6) is 0.591. The molecule has 0 saturated carbocycles. The van der Waals surface area contributed by atoms with E-state index in [0.717, 1.165) is 30.6 Å². The molecule has 3 rings (SSSR count). The molecule has 1 aromatic heterocycles. The highest BCUT2D eigenvalue weighted by molar-refractivity contribution is 5.81. The van der Waals surface area contributed by atoms with Gasteiger partial charge in [0.2, 0.25) is 5.95 Å². The number of nitrogens with zero attached hydrogens (tertiary/aromatic N) is 2. The van der Waals surface area contributed by atoms with Crippen molar-refractivity contribution in [2.75, 3.05) is 12.3 Å². The molecule has 4 nitrogen and oxygen atoms in total. The Morgan fingerprint density at radius 1 is 1.44 bits per heavy atom. The standard InChI is InChI=1S/C14H19N3O/c1-10-5-4-7-12-13(10)16-14(15)17(12)9-11-6-2-3-8-18-11/h4-5,7,11H,2-3,6,8-9H2,1H3,(H2,15,16). The van der Waals surface area contributed by atoms with E-state index in [4.69, 9.17) is 10.5 Å². The summed E-state index contributed by atoms with van der Waals surface area (Å²) in [6.45, 7) is 3.75. The third-order valence-electron chi connectivity index (χ3n) is 3.67. The van der Waals surface area contributed by atoms with E-state index in [2.05, 4.69) is 34.7 Å². The van der Waals surface area contributed by atoms with Crippen LogP contribution in [0.4, 0.5) is 5.95 Å². The molecule has 2 N–H and O–H groups in total. The van der Waals surface area contributed by atoms with Crippen LogP contribution in [-0.2, 0) is 11.3 Å². The van der Waals surface area contributed by atoms with E-state index >= 15 is 0 Å². The van der Waals surface area contributed by atoms with Crippen molar-refractivity contribution in [2.45, 2.75) is 38.8 Å². The predicted octanol–water partition coefficient (Wildman–Crippen LogP) is 2.50. The van der Waals surface area contributed by atoms with Crippen molar-refractivity contribution in [2.24, 2.45) is 0 Å². The minimum Gasteiger partial charge on any atom is -0.376 e. The van der Waals surface area contributed by atoms with Gasteiger partial charge in [-0.25, -0.2) is 4.98 Å². The number of nitrogen functional groups attached to an aromatic ring is 1. The van der Waals surface area contributed by atoms with E-state index in [9.17, 15) is 0 Å². The zero-order valence-corrected chi connectivity index (χ0v) is 10.7. The highest BCUT2D eigenvalue weighted by atomic mass is 16.5. The number of imidazole rings is 1. The minimum absolute atomic E-state index is 0.277. The van der Waals surface area contributed by atoms with Crippen LogP contribution in [0.3, 0.4) is 0 Å². The zero-order chi connectivity index (χ0) is 12.5. The molecular formula is C14H19N3O. The lowest BCUT2D eigenvalue weighted by Crippen LogP contribution is -2.25. The van der Waals surface area contributed by atoms with Crippen molar-refractivity contribution in [3.63, 3.8) is 0 Å². The lowest BCUT2D eigenvalue weighted by molar-refractivity contribution is 0.00694. The molecule has 0 spiro atoms. The first-order valence-electron chi connectivity index (χ1n) is 6.58. The van der Waals surface area contributed by atoms with Crippen LogP contribution >= 0.6 is 0 Å². The maximum absolute atomic E-state index is 6.04. The van der Waals surface area contributed by atoms with Gasteiger partial charge in [-0.05, 0) is 37.8 Å². The summed E-state index contributed by atoms with van der Waals surface area (Å²) in [5.41, 5.74) is 9.32. The number of para-hydroxylation sites is 1. The summed E-state index contributed by atoms with van der Waals surface area (Å²) in [5, 5.41) is 0. The Labute approximate surface area is 107 Å². The van der Waals surface area contributed by atoms with Crippen LogP contribution in [0.15, 0.2) is 18.2 Å². The van der Waals surface area contributed by atoms with Gasteiger partial charge in [-0.15, -0.1) is 0 Å². The van der Waals surface area contributed by atoms with Crippen molar-refractivity contribution >= 4 is 17.0 Å². The number of hydrogen-bond acceptors (Lipinski definition) is 3. The van der Waals surface area contributed by atoms with Crippen LogP contribution in [0.1, 0.15) is 24.8 Å². The van der Waals surface area contributed by atoms with Crippen molar-refractivity contribution in [3.05, 3.63) is 23.8 Å². The number of hydrogen-bond donors (Lipinski definition) is 1. The second-order valence-electron chi connectivity index (χ2n) is 5.01. The number of aryl methyl sites for hydroxylation is 1. The Bertz CT molecular complexity index is 555. The van der Waals surface area contributed by atoms with E-state index in [-0.39, 0.29) is 6.10 Å². The first kappa shape index (κ1) is 11.5. The molecule has 1 aliphatic heterocycles. The normalized spacial score (nSPS) is 20.4. The van der Waals surface area contributed by atoms with E-state index in [1.807, 2.05) is 0 Å². The molecule has 1 unspecified atom stereocenters. The second-order valence-corrected chi connectivity index (χ2v) is 5.01. The number of nitrogens with two attached hydrogens (primary N) is 1. The summed E-state index contributed by atoms with van der Waals surface area (Å²) in [4.78, 5) is 4.46. The molecule has 2 heterocycles. The summed E-state index contributed by atoms with van der Waals surface area (Å²) in [6.07, 6.45) is 3.82. The molecule has 1 fully saturated rings. The van der Waals surface area contributed by atoms with Gasteiger partial charge >= 0.3 is 0 Å². The van der Waals surface area contributed by atoms with Crippen molar-refractivity contribution in [1.82, 2.24) is 9.55 Å². The maximum atomic E-state index is 6.04. The van der Waals surface area contributed by atoms with Gasteiger partial charge < -0.3 is 15.0 Å². The molecule has 0 aliphatic carbocycles. The maximum Gasteiger partial charge on any atom is 0.201 e. The summed E-state index contributed by atoms with van der Waals surface area (Å²) < 4.78 is 7.86. The number of anilines is 1. The molecule has 96 valence electrons. The van der Waals surface area contributed by atoms with Gasteiger partial charge in [0, 0.05) is 6.61 Å². The number of aromatic nitrogens is 2. The Balaban J connectivity index is 1.95. The molecule has 1 atom stereocenters. The summed E-state index contributed by atoms with van der Waals surface area (Å²) in [6, 6.07) is 6.20. The molecule has 4 heteroatoms. The molecular weight excluding hydrogens is 226 g/mol. The average Bonchev–Trinajstić information content (AvgIpc) is 2.70. The molecule has 1 saturated heterocycles. The fourth-order valence-corrected chi connectivity index (χ4v) is 2.65. The molecule has 2 aromatic rings. The highest BCUT2D eigenvalue weighted by Crippen LogP contribution is 2.23. The van der Waals surface area contributed by atoms with Crippen LogP contribution < -0.4 is 5.73 Å². The molecule has 0 bridgehead atoms. The van der Waals surface area contributed by atoms with Crippen LogP contribution in [0.5, 0.6) is 0 Å². The van der Waals surface area contributed by atoms with Crippen molar-refractivity contribution in [1.29, 1.82) is 0 Å². The quantitative estimate of drug-likeness (QED) is 0.884. The van der Waals surface area contributed by atoms with Gasteiger partial charge in [0.15, 0.2) is 0 Å². The van der Waals surface area contributed by atoms with E-state index in [1.165, 1.54) is 18.4 Å². The van der Waals surface area contributed by atoms with Gasteiger partial charge in [-0.2, -0.15) is 0 Å². The highest BCUT2D eigenvalue weighted by Gasteiger charge is 2.17. The Kier molecular flexibility index (Phi) is 2.96. The topological polar surface area (TPSA) is 53.1 Å². The summed E-state index contributed by atoms with van der Waals surface area (Å²) >= 11 is 0. The first-order valence-corrected chi connectivity index (χ1v) is 6.58.